The molecule has 4 heteroatoms. The fourth-order valence-electron chi connectivity index (χ4n) is 0.837. The Balaban J connectivity index is 2.93. The Morgan fingerprint density at radius 3 is 2.75 bits per heavy atom. The second-order valence-electron chi connectivity index (χ2n) is 2.41. The van der Waals surface area contributed by atoms with Gasteiger partial charge >= 0.3 is 0 Å². The summed E-state index contributed by atoms with van der Waals surface area (Å²) in [5.41, 5.74) is 1.64. The second-order valence-corrected chi connectivity index (χ2v) is 3.23. The number of rotatable bonds is 1. The van der Waals surface area contributed by atoms with E-state index in [1.54, 1.807) is 12.1 Å². The first-order chi connectivity index (χ1) is 5.59. The molecule has 1 aromatic carbocycles. The van der Waals surface area contributed by atoms with Crippen LogP contribution in [0.5, 0.6) is 0 Å². The topological polar surface area (TPSA) is 29.1 Å². The molecular formula is C8H8ClNOS. The van der Waals surface area contributed by atoms with Crippen LogP contribution in [0.2, 0.25) is 5.02 Å². The van der Waals surface area contributed by atoms with Gasteiger partial charge in [0.25, 0.3) is 5.24 Å². The molecule has 0 saturated heterocycles. The molecule has 0 heterocycles. The first-order valence-electron chi connectivity index (χ1n) is 3.35. The molecule has 1 rings (SSSR count). The van der Waals surface area contributed by atoms with Gasteiger partial charge in [-0.2, -0.15) is 0 Å². The van der Waals surface area contributed by atoms with Crippen LogP contribution in [0.15, 0.2) is 18.2 Å². The minimum atomic E-state index is -0.416. The number of carbonyl (C=O) groups is 1. The maximum atomic E-state index is 10.5. The molecule has 0 bridgehead atoms. The third kappa shape index (κ3) is 2.43. The van der Waals surface area contributed by atoms with Crippen molar-refractivity contribution in [1.29, 1.82) is 0 Å². The van der Waals surface area contributed by atoms with E-state index < -0.39 is 5.24 Å². The lowest BCUT2D eigenvalue weighted by Crippen LogP contribution is -2.01. The van der Waals surface area contributed by atoms with E-state index in [0.29, 0.717) is 10.7 Å². The summed E-state index contributed by atoms with van der Waals surface area (Å²) in [5.74, 6) is 0. The third-order valence-corrected chi connectivity index (χ3v) is 1.79. The van der Waals surface area contributed by atoms with Gasteiger partial charge < -0.3 is 5.32 Å². The van der Waals surface area contributed by atoms with Crippen molar-refractivity contribution >= 4 is 35.2 Å². The second kappa shape index (κ2) is 3.83. The van der Waals surface area contributed by atoms with Crippen LogP contribution in [0.1, 0.15) is 5.56 Å². The molecular weight excluding hydrogens is 194 g/mol. The zero-order chi connectivity index (χ0) is 9.14. The van der Waals surface area contributed by atoms with Crippen molar-refractivity contribution in [2.45, 2.75) is 6.92 Å². The van der Waals surface area contributed by atoms with E-state index in [-0.39, 0.29) is 0 Å². The number of benzene rings is 1. The zero-order valence-electron chi connectivity index (χ0n) is 6.47. The van der Waals surface area contributed by atoms with Gasteiger partial charge in [0.2, 0.25) is 0 Å². The first-order valence-corrected chi connectivity index (χ1v) is 4.18. The van der Waals surface area contributed by atoms with Crippen LogP contribution in [0.4, 0.5) is 10.5 Å². The van der Waals surface area contributed by atoms with Gasteiger partial charge in [-0.05, 0) is 24.6 Å². The summed E-state index contributed by atoms with van der Waals surface area (Å²) in [6.45, 7) is 1.93. The lowest BCUT2D eigenvalue weighted by atomic mass is 10.2. The number of halogens is 1. The number of thiol groups is 1. The number of amides is 1. The molecule has 0 unspecified atom stereocenters. The molecule has 0 aliphatic heterocycles. The number of nitrogens with one attached hydrogen (secondary N) is 1. The van der Waals surface area contributed by atoms with Crippen LogP contribution in [-0.2, 0) is 0 Å². The number of anilines is 1. The van der Waals surface area contributed by atoms with Crippen molar-refractivity contribution in [2.24, 2.45) is 0 Å². The van der Waals surface area contributed by atoms with Crippen LogP contribution in [0.25, 0.3) is 0 Å². The minimum absolute atomic E-state index is 0.416. The van der Waals surface area contributed by atoms with Gasteiger partial charge in [-0.15, -0.1) is 0 Å². The number of hydrogen-bond acceptors (Lipinski definition) is 1. The van der Waals surface area contributed by atoms with E-state index in [2.05, 4.69) is 17.9 Å². The van der Waals surface area contributed by atoms with Gasteiger partial charge in [-0.25, -0.2) is 0 Å². The van der Waals surface area contributed by atoms with Gasteiger partial charge in [0.15, 0.2) is 0 Å². The third-order valence-electron chi connectivity index (χ3n) is 1.37. The van der Waals surface area contributed by atoms with Gasteiger partial charge in [0.1, 0.15) is 0 Å². The average molecular weight is 202 g/mol. The lowest BCUT2D eigenvalue weighted by molar-refractivity contribution is 0.270. The Bertz CT molecular complexity index is 314. The molecule has 0 aromatic heterocycles. The molecule has 0 radical (unpaired) electrons. The van der Waals surface area contributed by atoms with Gasteiger partial charge in [0.05, 0.1) is 10.7 Å². The van der Waals surface area contributed by atoms with Crippen molar-refractivity contribution in [3.63, 3.8) is 0 Å². The molecule has 0 aliphatic carbocycles. The van der Waals surface area contributed by atoms with Crippen LogP contribution in [0.3, 0.4) is 0 Å². The Morgan fingerprint density at radius 1 is 1.58 bits per heavy atom. The molecule has 1 amide bonds. The molecule has 0 spiro atoms. The lowest BCUT2D eigenvalue weighted by Gasteiger charge is -2.03. The van der Waals surface area contributed by atoms with E-state index in [0.717, 1.165) is 5.56 Å². The van der Waals surface area contributed by atoms with Gasteiger partial charge in [-0.3, -0.25) is 4.79 Å². The summed E-state index contributed by atoms with van der Waals surface area (Å²) in [5, 5.41) is 2.60. The SMILES string of the molecule is Cc1ccc(NC(=O)S)c(Cl)c1. The Hall–Kier alpha value is -0.670. The molecule has 64 valence electrons. The Labute approximate surface area is 81.3 Å². The number of aryl methyl sites for hydroxylation is 1. The molecule has 0 fully saturated rings. The number of hydrogen-bond donors (Lipinski definition) is 2. The maximum absolute atomic E-state index is 10.5. The highest BCUT2D eigenvalue weighted by atomic mass is 35.5. The highest BCUT2D eigenvalue weighted by Gasteiger charge is 2.01. The van der Waals surface area contributed by atoms with E-state index in [4.69, 9.17) is 11.6 Å². The normalized spacial score (nSPS) is 9.58. The number of carbonyl (C=O) groups excluding carboxylic acids is 1. The molecule has 1 aromatic rings. The van der Waals surface area contributed by atoms with Crippen molar-refractivity contribution in [3.8, 4) is 0 Å². The first kappa shape index (κ1) is 9.42. The van der Waals surface area contributed by atoms with Crippen LogP contribution in [-0.4, -0.2) is 5.24 Å². The maximum Gasteiger partial charge on any atom is 0.280 e. The quantitative estimate of drug-likeness (QED) is 0.672. The largest absolute Gasteiger partial charge is 0.316 e. The fraction of sp³-hybridized carbons (Fsp3) is 0.125. The highest BCUT2D eigenvalue weighted by molar-refractivity contribution is 7.96. The summed E-state index contributed by atoms with van der Waals surface area (Å²) in [4.78, 5) is 10.5. The van der Waals surface area contributed by atoms with Crippen LogP contribution >= 0.6 is 24.2 Å². The van der Waals surface area contributed by atoms with E-state index in [1.165, 1.54) is 0 Å². The predicted molar refractivity (Wildman–Crippen MR) is 54.2 cm³/mol. The summed E-state index contributed by atoms with van der Waals surface area (Å²) in [6.07, 6.45) is 0. The van der Waals surface area contributed by atoms with Gasteiger partial charge in [0, 0.05) is 0 Å². The molecule has 2 nitrogen and oxygen atoms in total. The van der Waals surface area contributed by atoms with E-state index >= 15 is 0 Å². The van der Waals surface area contributed by atoms with Crippen molar-refractivity contribution in [1.82, 2.24) is 0 Å². The summed E-state index contributed by atoms with van der Waals surface area (Å²) in [6, 6.07) is 5.39. The average Bonchev–Trinajstić information content (AvgIpc) is 1.94. The minimum Gasteiger partial charge on any atom is -0.316 e. The molecule has 12 heavy (non-hydrogen) atoms. The van der Waals surface area contributed by atoms with Crippen molar-refractivity contribution in [3.05, 3.63) is 28.8 Å². The molecule has 0 aliphatic rings. The summed E-state index contributed by atoms with van der Waals surface area (Å²) >= 11 is 9.40. The fourth-order valence-corrected chi connectivity index (χ4v) is 1.24. The standard InChI is InChI=1S/C8H8ClNOS/c1-5-2-3-7(6(9)4-5)10-8(11)12/h2-4H,1H3,(H2,10,11,12). The van der Waals surface area contributed by atoms with Crippen LogP contribution < -0.4 is 5.32 Å². The Morgan fingerprint density at radius 2 is 2.25 bits per heavy atom. The Kier molecular flexibility index (Phi) is 3.00. The van der Waals surface area contributed by atoms with Gasteiger partial charge in [-0.1, -0.05) is 30.3 Å². The van der Waals surface area contributed by atoms with Crippen molar-refractivity contribution in [2.75, 3.05) is 5.32 Å². The molecule has 0 saturated carbocycles. The van der Waals surface area contributed by atoms with Crippen molar-refractivity contribution < 1.29 is 4.79 Å². The summed E-state index contributed by atoms with van der Waals surface area (Å²) < 4.78 is 0. The van der Waals surface area contributed by atoms with Crippen LogP contribution in [0, 0.1) is 6.92 Å². The van der Waals surface area contributed by atoms with E-state index in [1.807, 2.05) is 13.0 Å². The van der Waals surface area contributed by atoms with E-state index in [9.17, 15) is 4.79 Å². The smallest absolute Gasteiger partial charge is 0.280 e. The zero-order valence-corrected chi connectivity index (χ0v) is 8.12. The summed E-state index contributed by atoms with van der Waals surface area (Å²) in [7, 11) is 0. The monoisotopic (exact) mass is 201 g/mol. The molecule has 0 atom stereocenters. The molecule has 1 N–H and O–H groups in total. The highest BCUT2D eigenvalue weighted by Crippen LogP contribution is 2.22. The predicted octanol–water partition coefficient (Wildman–Crippen LogP) is 3.11.